The summed E-state index contributed by atoms with van der Waals surface area (Å²) in [4.78, 5) is 11.2. The number of rotatable bonds is 1. The summed E-state index contributed by atoms with van der Waals surface area (Å²) in [7, 11) is 0. The molecule has 0 fully saturated rings. The van der Waals surface area contributed by atoms with Crippen LogP contribution >= 0.6 is 15.9 Å². The molecule has 0 aromatic carbocycles. The zero-order valence-corrected chi connectivity index (χ0v) is 9.44. The van der Waals surface area contributed by atoms with Crippen molar-refractivity contribution in [2.45, 2.75) is 33.6 Å². The molecule has 0 heterocycles. The molecule has 0 aromatic heterocycles. The van der Waals surface area contributed by atoms with Crippen LogP contribution in [0.3, 0.4) is 0 Å². The highest BCUT2D eigenvalue weighted by atomic mass is 79.9. The largest absolute Gasteiger partial charge is 0.295 e. The third-order valence-corrected chi connectivity index (χ3v) is 3.55. The van der Waals surface area contributed by atoms with E-state index in [1.807, 2.05) is 0 Å². The minimum absolute atomic E-state index is 0.223. The van der Waals surface area contributed by atoms with E-state index in [0.717, 1.165) is 22.9 Å². The molecular formula is C10H15BrO. The summed E-state index contributed by atoms with van der Waals surface area (Å²) >= 11 is 3.48. The van der Waals surface area contributed by atoms with Crippen LogP contribution in [0.15, 0.2) is 10.1 Å². The summed E-state index contributed by atoms with van der Waals surface area (Å²) in [6.45, 7) is 6.11. The Hall–Kier alpha value is -0.110. The number of Topliss-reactive ketones (excluding diaryl/α,β-unsaturated/α-hetero) is 1. The van der Waals surface area contributed by atoms with Gasteiger partial charge in [-0.2, -0.15) is 0 Å². The summed E-state index contributed by atoms with van der Waals surface area (Å²) < 4.78 is 1.13. The van der Waals surface area contributed by atoms with Gasteiger partial charge in [0.15, 0.2) is 5.78 Å². The topological polar surface area (TPSA) is 17.1 Å². The molecule has 2 atom stereocenters. The van der Waals surface area contributed by atoms with Gasteiger partial charge in [-0.1, -0.05) is 29.8 Å². The number of carbonyl (C=O) groups excluding carboxylic acids is 1. The highest BCUT2D eigenvalue weighted by Crippen LogP contribution is 2.36. The second kappa shape index (κ2) is 3.73. The SMILES string of the molecule is CC(=O)C1=C(Br)CC(C)C(C)C1. The van der Waals surface area contributed by atoms with Crippen LogP contribution < -0.4 is 0 Å². The summed E-state index contributed by atoms with van der Waals surface area (Å²) in [5, 5.41) is 0. The molecule has 0 bridgehead atoms. The van der Waals surface area contributed by atoms with Gasteiger partial charge in [0.05, 0.1) is 0 Å². The average molecular weight is 231 g/mol. The molecule has 1 aliphatic carbocycles. The molecule has 0 N–H and O–H groups in total. The number of hydrogen-bond acceptors (Lipinski definition) is 1. The highest BCUT2D eigenvalue weighted by molar-refractivity contribution is 9.11. The third kappa shape index (κ3) is 1.98. The average Bonchev–Trinajstić information content (AvgIpc) is 1.96. The molecule has 0 saturated carbocycles. The number of hydrogen-bond donors (Lipinski definition) is 0. The van der Waals surface area contributed by atoms with Crippen molar-refractivity contribution in [2.24, 2.45) is 11.8 Å². The molecule has 68 valence electrons. The predicted molar refractivity (Wildman–Crippen MR) is 54.2 cm³/mol. The Morgan fingerprint density at radius 2 is 1.83 bits per heavy atom. The first kappa shape index (κ1) is 9.97. The summed E-state index contributed by atoms with van der Waals surface area (Å²) in [6.07, 6.45) is 1.97. The first-order valence-corrected chi connectivity index (χ1v) is 5.20. The van der Waals surface area contributed by atoms with E-state index >= 15 is 0 Å². The van der Waals surface area contributed by atoms with Crippen LogP contribution in [-0.4, -0.2) is 5.78 Å². The minimum atomic E-state index is 0.223. The Balaban J connectivity index is 2.85. The molecule has 2 heteroatoms. The predicted octanol–water partition coefficient (Wildman–Crippen LogP) is 3.29. The van der Waals surface area contributed by atoms with Gasteiger partial charge in [0.25, 0.3) is 0 Å². The Labute approximate surface area is 82.4 Å². The maximum atomic E-state index is 11.2. The quantitative estimate of drug-likeness (QED) is 0.676. The number of ketones is 1. The van der Waals surface area contributed by atoms with Crippen molar-refractivity contribution in [2.75, 3.05) is 0 Å². The van der Waals surface area contributed by atoms with Crippen molar-refractivity contribution in [3.05, 3.63) is 10.1 Å². The van der Waals surface area contributed by atoms with Gasteiger partial charge in [-0.05, 0) is 31.6 Å². The van der Waals surface area contributed by atoms with Crippen LogP contribution in [0.1, 0.15) is 33.6 Å². The Morgan fingerprint density at radius 1 is 1.33 bits per heavy atom. The second-order valence-corrected chi connectivity index (χ2v) is 4.76. The standard InChI is InChI=1S/C10H15BrO/c1-6-4-9(8(3)12)10(11)5-7(6)2/h6-7H,4-5H2,1-3H3. The second-order valence-electron chi connectivity index (χ2n) is 3.80. The molecule has 0 aliphatic heterocycles. The van der Waals surface area contributed by atoms with Crippen molar-refractivity contribution in [1.29, 1.82) is 0 Å². The minimum Gasteiger partial charge on any atom is -0.295 e. The summed E-state index contributed by atoms with van der Waals surface area (Å²) in [5.41, 5.74) is 1.00. The van der Waals surface area contributed by atoms with Crippen molar-refractivity contribution in [3.8, 4) is 0 Å². The van der Waals surface area contributed by atoms with E-state index in [1.165, 1.54) is 0 Å². The van der Waals surface area contributed by atoms with Crippen LogP contribution in [0.5, 0.6) is 0 Å². The van der Waals surface area contributed by atoms with Crippen molar-refractivity contribution < 1.29 is 4.79 Å². The Kier molecular flexibility index (Phi) is 3.10. The molecule has 0 aromatic rings. The maximum absolute atomic E-state index is 11.2. The monoisotopic (exact) mass is 230 g/mol. The molecule has 1 rings (SSSR count). The smallest absolute Gasteiger partial charge is 0.156 e. The maximum Gasteiger partial charge on any atom is 0.156 e. The molecule has 0 spiro atoms. The lowest BCUT2D eigenvalue weighted by Crippen LogP contribution is -2.18. The molecule has 0 amide bonds. The molecule has 1 nitrogen and oxygen atoms in total. The van der Waals surface area contributed by atoms with E-state index in [4.69, 9.17) is 0 Å². The van der Waals surface area contributed by atoms with Gasteiger partial charge in [-0.25, -0.2) is 0 Å². The lowest BCUT2D eigenvalue weighted by Gasteiger charge is -2.26. The van der Waals surface area contributed by atoms with Gasteiger partial charge in [0.1, 0.15) is 0 Å². The van der Waals surface area contributed by atoms with Crippen LogP contribution in [-0.2, 0) is 4.79 Å². The van der Waals surface area contributed by atoms with Gasteiger partial charge in [-0.15, -0.1) is 0 Å². The van der Waals surface area contributed by atoms with E-state index in [-0.39, 0.29) is 5.78 Å². The van der Waals surface area contributed by atoms with Crippen LogP contribution in [0.25, 0.3) is 0 Å². The van der Waals surface area contributed by atoms with E-state index in [9.17, 15) is 4.79 Å². The summed E-state index contributed by atoms with van der Waals surface area (Å²) in [5.74, 6) is 1.56. The molecule has 0 radical (unpaired) electrons. The van der Waals surface area contributed by atoms with E-state index in [2.05, 4.69) is 29.8 Å². The van der Waals surface area contributed by atoms with Crippen molar-refractivity contribution in [3.63, 3.8) is 0 Å². The molecule has 0 saturated heterocycles. The van der Waals surface area contributed by atoms with Gasteiger partial charge < -0.3 is 0 Å². The van der Waals surface area contributed by atoms with Gasteiger partial charge in [0, 0.05) is 10.1 Å². The molecule has 12 heavy (non-hydrogen) atoms. The fourth-order valence-electron chi connectivity index (χ4n) is 1.58. The highest BCUT2D eigenvalue weighted by Gasteiger charge is 2.24. The first-order valence-electron chi connectivity index (χ1n) is 4.40. The van der Waals surface area contributed by atoms with E-state index in [1.54, 1.807) is 6.92 Å². The normalized spacial score (nSPS) is 30.7. The molecular weight excluding hydrogens is 216 g/mol. The number of halogens is 1. The zero-order valence-electron chi connectivity index (χ0n) is 7.86. The number of allylic oxidation sites excluding steroid dienone is 2. The zero-order chi connectivity index (χ0) is 9.30. The van der Waals surface area contributed by atoms with Crippen LogP contribution in [0, 0.1) is 11.8 Å². The summed E-state index contributed by atoms with van der Waals surface area (Å²) in [6, 6.07) is 0. The van der Waals surface area contributed by atoms with Crippen molar-refractivity contribution >= 4 is 21.7 Å². The Bertz CT molecular complexity index is 230. The fourth-order valence-corrected chi connectivity index (χ4v) is 2.53. The first-order chi connectivity index (χ1) is 5.52. The van der Waals surface area contributed by atoms with E-state index in [0.29, 0.717) is 11.8 Å². The third-order valence-electron chi connectivity index (χ3n) is 2.75. The van der Waals surface area contributed by atoms with Gasteiger partial charge in [-0.3, -0.25) is 4.79 Å². The Morgan fingerprint density at radius 3 is 2.33 bits per heavy atom. The van der Waals surface area contributed by atoms with Crippen LogP contribution in [0.2, 0.25) is 0 Å². The van der Waals surface area contributed by atoms with Gasteiger partial charge >= 0.3 is 0 Å². The fraction of sp³-hybridized carbons (Fsp3) is 0.700. The van der Waals surface area contributed by atoms with E-state index < -0.39 is 0 Å². The van der Waals surface area contributed by atoms with Crippen LogP contribution in [0.4, 0.5) is 0 Å². The molecule has 1 aliphatic rings. The van der Waals surface area contributed by atoms with Crippen molar-refractivity contribution in [1.82, 2.24) is 0 Å². The number of carbonyl (C=O) groups is 1. The lowest BCUT2D eigenvalue weighted by atomic mass is 9.81. The lowest BCUT2D eigenvalue weighted by molar-refractivity contribution is -0.114. The molecule has 2 unspecified atom stereocenters. The van der Waals surface area contributed by atoms with Gasteiger partial charge in [0.2, 0.25) is 0 Å².